The van der Waals surface area contributed by atoms with Gasteiger partial charge in [-0.25, -0.2) is 4.98 Å². The fourth-order valence-corrected chi connectivity index (χ4v) is 2.16. The van der Waals surface area contributed by atoms with Crippen LogP contribution < -0.4 is 10.1 Å². The molecule has 2 rings (SSSR count). The highest BCUT2D eigenvalue weighted by Crippen LogP contribution is 2.15. The van der Waals surface area contributed by atoms with Gasteiger partial charge < -0.3 is 10.1 Å². The maximum atomic E-state index is 5.66. The number of benzene rings is 1. The van der Waals surface area contributed by atoms with Crippen molar-refractivity contribution in [2.24, 2.45) is 0 Å². The van der Waals surface area contributed by atoms with E-state index in [1.807, 2.05) is 12.1 Å². The molecule has 0 aliphatic heterocycles. The van der Waals surface area contributed by atoms with E-state index in [4.69, 9.17) is 4.74 Å². The molecule has 0 saturated carbocycles. The Hall–Kier alpha value is -2.10. The molecule has 0 aliphatic carbocycles. The van der Waals surface area contributed by atoms with Crippen LogP contribution in [0.4, 0.5) is 5.82 Å². The summed E-state index contributed by atoms with van der Waals surface area (Å²) in [5, 5.41) is 3.38. The molecule has 4 nitrogen and oxygen atoms in total. The first-order chi connectivity index (χ1) is 10.8. The van der Waals surface area contributed by atoms with E-state index in [0.29, 0.717) is 12.5 Å². The molecule has 1 aromatic carbocycles. The number of nitrogens with one attached hydrogen (secondary N) is 1. The van der Waals surface area contributed by atoms with E-state index in [0.717, 1.165) is 43.9 Å². The van der Waals surface area contributed by atoms with Crippen LogP contribution in [0.5, 0.6) is 5.88 Å². The van der Waals surface area contributed by atoms with Gasteiger partial charge in [-0.2, -0.15) is 4.98 Å². The van der Waals surface area contributed by atoms with E-state index in [2.05, 4.69) is 53.4 Å². The molecule has 0 spiro atoms. The van der Waals surface area contributed by atoms with Gasteiger partial charge in [-0.05, 0) is 24.8 Å². The second kappa shape index (κ2) is 9.03. The molecule has 0 radical (unpaired) electrons. The van der Waals surface area contributed by atoms with Crippen molar-refractivity contribution in [1.29, 1.82) is 0 Å². The standard InChI is InChI=1S/C18H25N3O/c1-3-8-16-20-17(14-18(21-16)22-13-4-2)19-12-11-15-9-6-5-7-10-15/h5-7,9-10,14H,3-4,8,11-13H2,1-2H3,(H,19,20,21). The van der Waals surface area contributed by atoms with Crippen LogP contribution in [0.3, 0.4) is 0 Å². The summed E-state index contributed by atoms with van der Waals surface area (Å²) < 4.78 is 5.66. The molecule has 1 aromatic heterocycles. The van der Waals surface area contributed by atoms with Crippen molar-refractivity contribution in [3.8, 4) is 5.88 Å². The zero-order valence-corrected chi connectivity index (χ0v) is 13.5. The van der Waals surface area contributed by atoms with Crippen molar-refractivity contribution < 1.29 is 4.74 Å². The number of hydrogen-bond donors (Lipinski definition) is 1. The Morgan fingerprint density at radius 3 is 2.55 bits per heavy atom. The Labute approximate surface area is 133 Å². The summed E-state index contributed by atoms with van der Waals surface area (Å²) in [6, 6.07) is 12.3. The third kappa shape index (κ3) is 5.35. The normalized spacial score (nSPS) is 10.5. The highest BCUT2D eigenvalue weighted by Gasteiger charge is 2.05. The molecular weight excluding hydrogens is 274 g/mol. The first-order valence-corrected chi connectivity index (χ1v) is 8.10. The zero-order valence-electron chi connectivity index (χ0n) is 13.5. The van der Waals surface area contributed by atoms with Crippen molar-refractivity contribution in [2.75, 3.05) is 18.5 Å². The minimum Gasteiger partial charge on any atom is -0.478 e. The Kier molecular flexibility index (Phi) is 6.68. The number of hydrogen-bond acceptors (Lipinski definition) is 4. The fraction of sp³-hybridized carbons (Fsp3) is 0.444. The summed E-state index contributed by atoms with van der Waals surface area (Å²) in [5.74, 6) is 2.36. The first-order valence-electron chi connectivity index (χ1n) is 8.10. The maximum absolute atomic E-state index is 5.66. The Balaban J connectivity index is 1.97. The molecule has 1 N–H and O–H groups in total. The van der Waals surface area contributed by atoms with Gasteiger partial charge in [0.1, 0.15) is 11.6 Å². The van der Waals surface area contributed by atoms with Crippen LogP contribution in [0.1, 0.15) is 38.1 Å². The van der Waals surface area contributed by atoms with Crippen LogP contribution in [0, 0.1) is 0 Å². The van der Waals surface area contributed by atoms with Gasteiger partial charge in [0.25, 0.3) is 0 Å². The van der Waals surface area contributed by atoms with Crippen molar-refractivity contribution in [1.82, 2.24) is 9.97 Å². The number of aromatic nitrogens is 2. The molecule has 0 fully saturated rings. The van der Waals surface area contributed by atoms with E-state index in [1.54, 1.807) is 0 Å². The largest absolute Gasteiger partial charge is 0.478 e. The highest BCUT2D eigenvalue weighted by atomic mass is 16.5. The van der Waals surface area contributed by atoms with Gasteiger partial charge in [-0.1, -0.05) is 44.2 Å². The number of nitrogens with zero attached hydrogens (tertiary/aromatic N) is 2. The van der Waals surface area contributed by atoms with Crippen LogP contribution in [-0.4, -0.2) is 23.1 Å². The number of rotatable bonds is 9. The lowest BCUT2D eigenvalue weighted by Gasteiger charge is -2.10. The highest BCUT2D eigenvalue weighted by molar-refractivity contribution is 5.38. The van der Waals surface area contributed by atoms with Crippen LogP contribution in [-0.2, 0) is 12.8 Å². The maximum Gasteiger partial charge on any atom is 0.218 e. The second-order valence-corrected chi connectivity index (χ2v) is 5.27. The summed E-state index contributed by atoms with van der Waals surface area (Å²) in [7, 11) is 0. The quantitative estimate of drug-likeness (QED) is 0.763. The molecule has 0 unspecified atom stereocenters. The monoisotopic (exact) mass is 299 g/mol. The molecule has 0 bridgehead atoms. The van der Waals surface area contributed by atoms with E-state index in [9.17, 15) is 0 Å². The van der Waals surface area contributed by atoms with Gasteiger partial charge in [0, 0.05) is 19.0 Å². The molecule has 4 heteroatoms. The molecule has 0 atom stereocenters. The van der Waals surface area contributed by atoms with Crippen LogP contribution in [0.15, 0.2) is 36.4 Å². The lowest BCUT2D eigenvalue weighted by atomic mass is 10.1. The molecule has 0 saturated heterocycles. The minimum atomic E-state index is 0.669. The third-order valence-electron chi connectivity index (χ3n) is 3.24. The zero-order chi connectivity index (χ0) is 15.6. The summed E-state index contributed by atoms with van der Waals surface area (Å²) in [6.07, 6.45) is 3.85. The summed E-state index contributed by atoms with van der Waals surface area (Å²) in [5.41, 5.74) is 1.32. The molecule has 0 aliphatic rings. The van der Waals surface area contributed by atoms with Crippen LogP contribution >= 0.6 is 0 Å². The lowest BCUT2D eigenvalue weighted by Crippen LogP contribution is -2.09. The van der Waals surface area contributed by atoms with Crippen molar-refractivity contribution in [2.45, 2.75) is 39.5 Å². The SMILES string of the molecule is CCCOc1cc(NCCc2ccccc2)nc(CCC)n1. The van der Waals surface area contributed by atoms with Gasteiger partial charge in [0.15, 0.2) is 0 Å². The fourth-order valence-electron chi connectivity index (χ4n) is 2.16. The van der Waals surface area contributed by atoms with E-state index in [-0.39, 0.29) is 0 Å². The smallest absolute Gasteiger partial charge is 0.218 e. The average molecular weight is 299 g/mol. The van der Waals surface area contributed by atoms with Crippen molar-refractivity contribution >= 4 is 5.82 Å². The molecule has 2 aromatic rings. The van der Waals surface area contributed by atoms with Gasteiger partial charge in [-0.3, -0.25) is 0 Å². The number of aryl methyl sites for hydroxylation is 1. The third-order valence-corrected chi connectivity index (χ3v) is 3.24. The summed E-state index contributed by atoms with van der Waals surface area (Å²) in [6.45, 7) is 5.75. The number of anilines is 1. The number of ether oxygens (including phenoxy) is 1. The summed E-state index contributed by atoms with van der Waals surface area (Å²) in [4.78, 5) is 9.01. The van der Waals surface area contributed by atoms with Crippen LogP contribution in [0.25, 0.3) is 0 Å². The summed E-state index contributed by atoms with van der Waals surface area (Å²) >= 11 is 0. The predicted octanol–water partition coefficient (Wildman–Crippen LogP) is 3.87. The van der Waals surface area contributed by atoms with Crippen LogP contribution in [0.2, 0.25) is 0 Å². The van der Waals surface area contributed by atoms with E-state index < -0.39 is 0 Å². The van der Waals surface area contributed by atoms with E-state index >= 15 is 0 Å². The first kappa shape index (κ1) is 16.3. The topological polar surface area (TPSA) is 47.0 Å². The van der Waals surface area contributed by atoms with Gasteiger partial charge in [-0.15, -0.1) is 0 Å². The van der Waals surface area contributed by atoms with Crippen molar-refractivity contribution in [3.63, 3.8) is 0 Å². The molecule has 0 amide bonds. The van der Waals surface area contributed by atoms with Gasteiger partial charge >= 0.3 is 0 Å². The Morgan fingerprint density at radius 2 is 1.82 bits per heavy atom. The second-order valence-electron chi connectivity index (χ2n) is 5.27. The predicted molar refractivity (Wildman–Crippen MR) is 90.4 cm³/mol. The van der Waals surface area contributed by atoms with Gasteiger partial charge in [0.05, 0.1) is 6.61 Å². The van der Waals surface area contributed by atoms with Gasteiger partial charge in [0.2, 0.25) is 5.88 Å². The Bertz CT molecular complexity index is 558. The minimum absolute atomic E-state index is 0.669. The molecule has 22 heavy (non-hydrogen) atoms. The van der Waals surface area contributed by atoms with Crippen molar-refractivity contribution in [3.05, 3.63) is 47.8 Å². The Morgan fingerprint density at radius 1 is 1.00 bits per heavy atom. The molecular formula is C18H25N3O. The average Bonchev–Trinajstić information content (AvgIpc) is 2.54. The lowest BCUT2D eigenvalue weighted by molar-refractivity contribution is 0.303. The molecule has 1 heterocycles. The van der Waals surface area contributed by atoms with E-state index in [1.165, 1.54) is 5.56 Å². The molecule has 118 valence electrons.